The number of nitrogens with one attached hydrogen (secondary N) is 1. The Hall–Kier alpha value is -1.42. The summed E-state index contributed by atoms with van der Waals surface area (Å²) >= 11 is 0. The van der Waals surface area contributed by atoms with E-state index in [-0.39, 0.29) is 5.56 Å². The summed E-state index contributed by atoms with van der Waals surface area (Å²) in [6.45, 7) is 3.01. The van der Waals surface area contributed by atoms with Gasteiger partial charge in [0, 0.05) is 31.1 Å². The van der Waals surface area contributed by atoms with E-state index in [1.165, 1.54) is 51.4 Å². The number of H-pyrrole nitrogens is 1. The Balaban J connectivity index is 1.49. The molecule has 0 amide bonds. The molecule has 1 fully saturated rings. The van der Waals surface area contributed by atoms with Gasteiger partial charge >= 0.3 is 0 Å². The summed E-state index contributed by atoms with van der Waals surface area (Å²) in [6.07, 6.45) is 15.4. The molecule has 3 aliphatic rings. The van der Waals surface area contributed by atoms with Gasteiger partial charge in [0.1, 0.15) is 5.82 Å². The lowest BCUT2D eigenvalue weighted by Crippen LogP contribution is -2.38. The molecule has 4 heteroatoms. The SMILES string of the molecule is O=c1[nH]c(C2CCCCC2)nc2c1CCN(CC1CC=CCC1)C2. The molecule has 0 radical (unpaired) electrons. The van der Waals surface area contributed by atoms with Gasteiger partial charge in [0.15, 0.2) is 0 Å². The molecule has 0 bridgehead atoms. The van der Waals surface area contributed by atoms with Crippen LogP contribution in [-0.2, 0) is 13.0 Å². The Labute approximate surface area is 144 Å². The van der Waals surface area contributed by atoms with Gasteiger partial charge < -0.3 is 4.98 Å². The van der Waals surface area contributed by atoms with E-state index >= 15 is 0 Å². The third kappa shape index (κ3) is 3.49. The topological polar surface area (TPSA) is 49.0 Å². The number of rotatable bonds is 3. The predicted octanol–water partition coefficient (Wildman–Crippen LogP) is 3.53. The van der Waals surface area contributed by atoms with Crippen LogP contribution in [0.25, 0.3) is 0 Å². The molecule has 0 aromatic carbocycles. The van der Waals surface area contributed by atoms with E-state index in [9.17, 15) is 4.79 Å². The van der Waals surface area contributed by atoms with Crippen LogP contribution in [0, 0.1) is 5.92 Å². The first-order valence-electron chi connectivity index (χ1n) is 9.79. The normalized spacial score (nSPS) is 25.6. The van der Waals surface area contributed by atoms with Crippen LogP contribution in [0.3, 0.4) is 0 Å². The van der Waals surface area contributed by atoms with Crippen LogP contribution in [-0.4, -0.2) is 28.0 Å². The molecule has 4 rings (SSSR count). The Bertz CT molecular complexity index is 657. The number of hydrogen-bond donors (Lipinski definition) is 1. The van der Waals surface area contributed by atoms with E-state index < -0.39 is 0 Å². The average Bonchev–Trinajstić information content (AvgIpc) is 2.63. The molecule has 1 aromatic heterocycles. The Morgan fingerprint density at radius 1 is 1.17 bits per heavy atom. The standard InChI is InChI=1S/C20H29N3O/c24-20-17-11-12-23(13-15-7-3-1-4-8-15)14-18(17)21-19(22-20)16-9-5-2-6-10-16/h1,3,15-16H,2,4-14H2,(H,21,22,24). The number of hydrogen-bond acceptors (Lipinski definition) is 3. The second-order valence-corrected chi connectivity index (χ2v) is 7.85. The molecule has 24 heavy (non-hydrogen) atoms. The number of aromatic amines is 1. The molecule has 1 aromatic rings. The van der Waals surface area contributed by atoms with E-state index in [0.29, 0.717) is 5.92 Å². The molecular formula is C20H29N3O. The highest BCUT2D eigenvalue weighted by atomic mass is 16.1. The van der Waals surface area contributed by atoms with Crippen molar-refractivity contribution in [3.05, 3.63) is 39.6 Å². The Kier molecular flexibility index (Phi) is 4.83. The highest BCUT2D eigenvalue weighted by molar-refractivity contribution is 5.22. The first-order valence-corrected chi connectivity index (χ1v) is 9.79. The van der Waals surface area contributed by atoms with Gasteiger partial charge in [-0.2, -0.15) is 0 Å². The Morgan fingerprint density at radius 3 is 2.83 bits per heavy atom. The first kappa shape index (κ1) is 16.1. The molecule has 1 N–H and O–H groups in total. The molecule has 4 nitrogen and oxygen atoms in total. The lowest BCUT2D eigenvalue weighted by Gasteiger charge is -2.32. The van der Waals surface area contributed by atoms with Gasteiger partial charge in [-0.3, -0.25) is 9.69 Å². The zero-order valence-electron chi connectivity index (χ0n) is 14.6. The Morgan fingerprint density at radius 2 is 2.04 bits per heavy atom. The molecule has 1 unspecified atom stereocenters. The molecule has 1 atom stereocenters. The quantitative estimate of drug-likeness (QED) is 0.864. The van der Waals surface area contributed by atoms with Gasteiger partial charge in [-0.15, -0.1) is 0 Å². The summed E-state index contributed by atoms with van der Waals surface area (Å²) in [5.41, 5.74) is 2.12. The summed E-state index contributed by atoms with van der Waals surface area (Å²) in [6, 6.07) is 0. The summed E-state index contributed by atoms with van der Waals surface area (Å²) in [5, 5.41) is 0. The molecule has 1 saturated carbocycles. The van der Waals surface area contributed by atoms with E-state index in [1.54, 1.807) is 0 Å². The van der Waals surface area contributed by atoms with Crippen LogP contribution < -0.4 is 5.56 Å². The van der Waals surface area contributed by atoms with Crippen molar-refractivity contribution in [1.29, 1.82) is 0 Å². The lowest BCUT2D eigenvalue weighted by molar-refractivity contribution is 0.202. The van der Waals surface area contributed by atoms with Crippen molar-refractivity contribution < 1.29 is 0 Å². The average molecular weight is 327 g/mol. The maximum Gasteiger partial charge on any atom is 0.254 e. The fraction of sp³-hybridized carbons (Fsp3) is 0.700. The van der Waals surface area contributed by atoms with Crippen molar-refractivity contribution in [2.45, 2.75) is 70.3 Å². The minimum atomic E-state index is 0.126. The van der Waals surface area contributed by atoms with Crippen LogP contribution >= 0.6 is 0 Å². The van der Waals surface area contributed by atoms with Crippen LogP contribution in [0.5, 0.6) is 0 Å². The van der Waals surface area contributed by atoms with Crippen LogP contribution in [0.1, 0.15) is 74.4 Å². The zero-order valence-corrected chi connectivity index (χ0v) is 14.6. The molecule has 130 valence electrons. The number of fused-ring (bicyclic) bond motifs is 1. The summed E-state index contributed by atoms with van der Waals surface area (Å²) in [4.78, 5) is 23.1. The molecule has 0 saturated heterocycles. The maximum absolute atomic E-state index is 12.5. The number of aromatic nitrogens is 2. The van der Waals surface area contributed by atoms with Crippen molar-refractivity contribution >= 4 is 0 Å². The van der Waals surface area contributed by atoms with Crippen LogP contribution in [0.2, 0.25) is 0 Å². The van der Waals surface area contributed by atoms with Gasteiger partial charge in [-0.1, -0.05) is 31.4 Å². The molecule has 1 aliphatic heterocycles. The maximum atomic E-state index is 12.5. The predicted molar refractivity (Wildman–Crippen MR) is 96.1 cm³/mol. The third-order valence-corrected chi connectivity index (χ3v) is 6.06. The second kappa shape index (κ2) is 7.22. The number of nitrogens with zero attached hydrogens (tertiary/aromatic N) is 2. The van der Waals surface area contributed by atoms with Gasteiger partial charge in [-0.05, 0) is 44.4 Å². The molecule has 2 aliphatic carbocycles. The second-order valence-electron chi connectivity index (χ2n) is 7.85. The van der Waals surface area contributed by atoms with Crippen molar-refractivity contribution in [1.82, 2.24) is 14.9 Å². The van der Waals surface area contributed by atoms with Crippen molar-refractivity contribution in [3.63, 3.8) is 0 Å². The third-order valence-electron chi connectivity index (χ3n) is 6.06. The van der Waals surface area contributed by atoms with Crippen molar-refractivity contribution in [2.24, 2.45) is 5.92 Å². The van der Waals surface area contributed by atoms with Gasteiger partial charge in [0.2, 0.25) is 0 Å². The van der Waals surface area contributed by atoms with Gasteiger partial charge in [0.05, 0.1) is 5.69 Å². The fourth-order valence-electron chi connectivity index (χ4n) is 4.63. The van der Waals surface area contributed by atoms with Gasteiger partial charge in [-0.25, -0.2) is 4.98 Å². The van der Waals surface area contributed by atoms with E-state index in [1.807, 2.05) is 0 Å². The first-order chi connectivity index (χ1) is 11.8. The van der Waals surface area contributed by atoms with Crippen molar-refractivity contribution in [3.8, 4) is 0 Å². The van der Waals surface area contributed by atoms with Gasteiger partial charge in [0.25, 0.3) is 5.56 Å². The van der Waals surface area contributed by atoms with Crippen molar-refractivity contribution in [2.75, 3.05) is 13.1 Å². The minimum absolute atomic E-state index is 0.126. The summed E-state index contributed by atoms with van der Waals surface area (Å²) in [5.74, 6) is 2.20. The lowest BCUT2D eigenvalue weighted by atomic mass is 9.88. The van der Waals surface area contributed by atoms with Crippen LogP contribution in [0.4, 0.5) is 0 Å². The highest BCUT2D eigenvalue weighted by Gasteiger charge is 2.25. The molecular weight excluding hydrogens is 298 g/mol. The largest absolute Gasteiger partial charge is 0.310 e. The van der Waals surface area contributed by atoms with E-state index in [0.717, 1.165) is 49.1 Å². The highest BCUT2D eigenvalue weighted by Crippen LogP contribution is 2.31. The van der Waals surface area contributed by atoms with Crippen LogP contribution in [0.15, 0.2) is 16.9 Å². The monoisotopic (exact) mass is 327 g/mol. The smallest absolute Gasteiger partial charge is 0.254 e. The van der Waals surface area contributed by atoms with E-state index in [4.69, 9.17) is 4.98 Å². The fourth-order valence-corrected chi connectivity index (χ4v) is 4.63. The molecule has 0 spiro atoms. The summed E-state index contributed by atoms with van der Waals surface area (Å²) < 4.78 is 0. The zero-order chi connectivity index (χ0) is 16.4. The number of allylic oxidation sites excluding steroid dienone is 2. The summed E-state index contributed by atoms with van der Waals surface area (Å²) in [7, 11) is 0. The minimum Gasteiger partial charge on any atom is -0.310 e. The molecule has 2 heterocycles. The van der Waals surface area contributed by atoms with E-state index in [2.05, 4.69) is 22.0 Å².